The van der Waals surface area contributed by atoms with Crippen LogP contribution in [0.5, 0.6) is 0 Å². The van der Waals surface area contributed by atoms with Gasteiger partial charge < -0.3 is 5.73 Å². The summed E-state index contributed by atoms with van der Waals surface area (Å²) in [6.45, 7) is 4.23. The van der Waals surface area contributed by atoms with Crippen molar-refractivity contribution < 1.29 is 0 Å². The average Bonchev–Trinajstić information content (AvgIpc) is 2.20. The van der Waals surface area contributed by atoms with Gasteiger partial charge in [-0.2, -0.15) is 0 Å². The molecule has 0 aliphatic carbocycles. The van der Waals surface area contributed by atoms with Crippen molar-refractivity contribution in [2.24, 2.45) is 5.73 Å². The molecule has 0 aliphatic heterocycles. The molecule has 2 N–H and O–H groups in total. The topological polar surface area (TPSA) is 26.0 Å². The maximum atomic E-state index is 5.94. The van der Waals surface area contributed by atoms with Gasteiger partial charge in [-0.1, -0.05) is 44.2 Å². The zero-order valence-corrected chi connectivity index (χ0v) is 8.38. The zero-order chi connectivity index (χ0) is 9.68. The van der Waals surface area contributed by atoms with Gasteiger partial charge in [0.15, 0.2) is 0 Å². The predicted molar refractivity (Wildman–Crippen MR) is 58.1 cm³/mol. The molecule has 0 unspecified atom stereocenters. The fraction of sp³-hybridized carbons (Fsp3) is 0.333. The summed E-state index contributed by atoms with van der Waals surface area (Å²) in [4.78, 5) is 0. The van der Waals surface area contributed by atoms with Gasteiger partial charge in [0.05, 0.1) is 0 Å². The summed E-state index contributed by atoms with van der Waals surface area (Å²) in [6.07, 6.45) is 1.93. The summed E-state index contributed by atoms with van der Waals surface area (Å²) in [5.41, 5.74) is 9.48. The van der Waals surface area contributed by atoms with Gasteiger partial charge in [-0.15, -0.1) is 0 Å². The standard InChI is InChI=1S/C12H17N/c1-3-11(12(13)4-2)10-8-6-5-7-9-10/h5-9H,3-4,13H2,1-2H3. The third-order valence-electron chi connectivity index (χ3n) is 2.24. The molecule has 0 radical (unpaired) electrons. The number of allylic oxidation sites excluding steroid dienone is 2. The van der Waals surface area contributed by atoms with Crippen LogP contribution >= 0.6 is 0 Å². The Labute approximate surface area is 80.3 Å². The van der Waals surface area contributed by atoms with Crippen LogP contribution in [0.2, 0.25) is 0 Å². The molecule has 0 amide bonds. The monoisotopic (exact) mass is 175 g/mol. The third-order valence-corrected chi connectivity index (χ3v) is 2.24. The molecule has 0 atom stereocenters. The van der Waals surface area contributed by atoms with Gasteiger partial charge in [-0.3, -0.25) is 0 Å². The van der Waals surface area contributed by atoms with Gasteiger partial charge in [0.1, 0.15) is 0 Å². The van der Waals surface area contributed by atoms with Crippen LogP contribution in [0.4, 0.5) is 0 Å². The van der Waals surface area contributed by atoms with Crippen LogP contribution in [0.25, 0.3) is 5.57 Å². The van der Waals surface area contributed by atoms with Crippen LogP contribution in [0, 0.1) is 0 Å². The van der Waals surface area contributed by atoms with Crippen LogP contribution in [0.15, 0.2) is 36.0 Å². The van der Waals surface area contributed by atoms with Gasteiger partial charge in [-0.05, 0) is 24.0 Å². The highest BCUT2D eigenvalue weighted by atomic mass is 14.6. The van der Waals surface area contributed by atoms with Gasteiger partial charge in [-0.25, -0.2) is 0 Å². The normalized spacial score (nSPS) is 12.5. The summed E-state index contributed by atoms with van der Waals surface area (Å²) < 4.78 is 0. The van der Waals surface area contributed by atoms with Crippen LogP contribution in [-0.4, -0.2) is 0 Å². The Morgan fingerprint density at radius 1 is 1.08 bits per heavy atom. The van der Waals surface area contributed by atoms with E-state index >= 15 is 0 Å². The minimum atomic E-state index is 0.929. The number of benzene rings is 1. The van der Waals surface area contributed by atoms with Gasteiger partial charge >= 0.3 is 0 Å². The van der Waals surface area contributed by atoms with E-state index in [-0.39, 0.29) is 0 Å². The van der Waals surface area contributed by atoms with Crippen molar-refractivity contribution in [2.45, 2.75) is 26.7 Å². The summed E-state index contributed by atoms with van der Waals surface area (Å²) >= 11 is 0. The van der Waals surface area contributed by atoms with Gasteiger partial charge in [0.2, 0.25) is 0 Å². The Balaban J connectivity index is 3.05. The van der Waals surface area contributed by atoms with E-state index in [2.05, 4.69) is 26.0 Å². The molecule has 0 fully saturated rings. The van der Waals surface area contributed by atoms with Crippen molar-refractivity contribution in [3.63, 3.8) is 0 Å². The van der Waals surface area contributed by atoms with E-state index in [0.717, 1.165) is 18.5 Å². The summed E-state index contributed by atoms with van der Waals surface area (Å²) in [5.74, 6) is 0. The van der Waals surface area contributed by atoms with E-state index in [4.69, 9.17) is 5.73 Å². The molecular formula is C12H17N. The maximum Gasteiger partial charge on any atom is 0.0116 e. The molecule has 70 valence electrons. The molecule has 0 aromatic heterocycles. The molecule has 1 nitrogen and oxygen atoms in total. The first-order valence-corrected chi connectivity index (χ1v) is 4.82. The summed E-state index contributed by atoms with van der Waals surface area (Å²) in [5, 5.41) is 0. The molecule has 0 saturated heterocycles. The molecule has 0 spiro atoms. The zero-order valence-electron chi connectivity index (χ0n) is 8.38. The van der Waals surface area contributed by atoms with Crippen molar-refractivity contribution >= 4 is 5.57 Å². The Morgan fingerprint density at radius 3 is 2.15 bits per heavy atom. The first-order chi connectivity index (χ1) is 6.29. The molecule has 1 aromatic rings. The minimum Gasteiger partial charge on any atom is -0.402 e. The van der Waals surface area contributed by atoms with E-state index in [9.17, 15) is 0 Å². The SMILES string of the molecule is CCC(N)=C(CC)c1ccccc1. The quantitative estimate of drug-likeness (QED) is 0.750. The second kappa shape index (κ2) is 4.70. The lowest BCUT2D eigenvalue weighted by Gasteiger charge is -2.08. The smallest absolute Gasteiger partial charge is 0.0116 e. The fourth-order valence-electron chi connectivity index (χ4n) is 1.47. The number of rotatable bonds is 3. The fourth-order valence-corrected chi connectivity index (χ4v) is 1.47. The first-order valence-electron chi connectivity index (χ1n) is 4.82. The Bertz CT molecular complexity index is 285. The second-order valence-corrected chi connectivity index (χ2v) is 3.08. The van der Waals surface area contributed by atoms with Crippen molar-refractivity contribution in [2.75, 3.05) is 0 Å². The Kier molecular flexibility index (Phi) is 3.56. The molecular weight excluding hydrogens is 158 g/mol. The lowest BCUT2D eigenvalue weighted by atomic mass is 10.0. The Morgan fingerprint density at radius 2 is 1.69 bits per heavy atom. The Hall–Kier alpha value is -1.24. The third kappa shape index (κ3) is 2.35. The molecule has 1 rings (SSSR count). The highest BCUT2D eigenvalue weighted by Crippen LogP contribution is 2.20. The van der Waals surface area contributed by atoms with E-state index < -0.39 is 0 Å². The number of hydrogen-bond donors (Lipinski definition) is 1. The highest BCUT2D eigenvalue weighted by Gasteiger charge is 2.01. The lowest BCUT2D eigenvalue weighted by Crippen LogP contribution is -2.00. The predicted octanol–water partition coefficient (Wildman–Crippen LogP) is 3.18. The van der Waals surface area contributed by atoms with E-state index in [1.54, 1.807) is 0 Å². The molecule has 0 aliphatic rings. The molecule has 13 heavy (non-hydrogen) atoms. The van der Waals surface area contributed by atoms with E-state index in [0.29, 0.717) is 0 Å². The first kappa shape index (κ1) is 9.85. The van der Waals surface area contributed by atoms with Gasteiger partial charge in [0, 0.05) is 5.70 Å². The van der Waals surface area contributed by atoms with E-state index in [1.165, 1.54) is 11.1 Å². The molecule has 1 heteroatoms. The maximum absolute atomic E-state index is 5.94. The summed E-state index contributed by atoms with van der Waals surface area (Å²) in [6, 6.07) is 10.4. The van der Waals surface area contributed by atoms with Crippen molar-refractivity contribution in [1.82, 2.24) is 0 Å². The molecule has 0 bridgehead atoms. The van der Waals surface area contributed by atoms with Crippen LogP contribution < -0.4 is 5.73 Å². The average molecular weight is 175 g/mol. The largest absolute Gasteiger partial charge is 0.402 e. The van der Waals surface area contributed by atoms with Crippen molar-refractivity contribution in [1.29, 1.82) is 0 Å². The van der Waals surface area contributed by atoms with Crippen molar-refractivity contribution in [3.05, 3.63) is 41.6 Å². The van der Waals surface area contributed by atoms with E-state index in [1.807, 2.05) is 18.2 Å². The molecule has 0 saturated carbocycles. The summed E-state index contributed by atoms with van der Waals surface area (Å²) in [7, 11) is 0. The van der Waals surface area contributed by atoms with Gasteiger partial charge in [0.25, 0.3) is 0 Å². The highest BCUT2D eigenvalue weighted by molar-refractivity contribution is 5.67. The second-order valence-electron chi connectivity index (χ2n) is 3.08. The lowest BCUT2D eigenvalue weighted by molar-refractivity contribution is 1.04. The van der Waals surface area contributed by atoms with Crippen LogP contribution in [-0.2, 0) is 0 Å². The molecule has 0 heterocycles. The number of nitrogens with two attached hydrogens (primary N) is 1. The van der Waals surface area contributed by atoms with Crippen LogP contribution in [0.3, 0.4) is 0 Å². The molecule has 1 aromatic carbocycles. The number of hydrogen-bond acceptors (Lipinski definition) is 1. The van der Waals surface area contributed by atoms with Crippen LogP contribution in [0.1, 0.15) is 32.3 Å². The minimum absolute atomic E-state index is 0.929. The van der Waals surface area contributed by atoms with Crippen molar-refractivity contribution in [3.8, 4) is 0 Å².